The summed E-state index contributed by atoms with van der Waals surface area (Å²) in [5.41, 5.74) is 0. The van der Waals surface area contributed by atoms with Crippen LogP contribution in [0.5, 0.6) is 0 Å². The van der Waals surface area contributed by atoms with E-state index in [1.54, 1.807) is 0 Å². The zero-order valence-corrected chi connectivity index (χ0v) is 5.05. The highest BCUT2D eigenvalue weighted by molar-refractivity contribution is 8.02. The van der Waals surface area contributed by atoms with Crippen molar-refractivity contribution in [3.63, 3.8) is 0 Å². The first-order valence-corrected chi connectivity index (χ1v) is 3.32. The predicted octanol–water partition coefficient (Wildman–Crippen LogP) is 0.372. The molecule has 0 spiro atoms. The van der Waals surface area contributed by atoms with Crippen molar-refractivity contribution in [1.29, 1.82) is 0 Å². The van der Waals surface area contributed by atoms with Gasteiger partial charge in [0.2, 0.25) is 5.91 Å². The van der Waals surface area contributed by atoms with Gasteiger partial charge < -0.3 is 5.32 Å². The number of thioether (sulfide) groups is 1. The summed E-state index contributed by atoms with van der Waals surface area (Å²) in [5, 5.41) is 2.51. The average molecular weight is 138 g/mol. The van der Waals surface area contributed by atoms with E-state index in [-0.39, 0.29) is 10.7 Å². The molecule has 0 aliphatic carbocycles. The van der Waals surface area contributed by atoms with E-state index in [4.69, 9.17) is 11.6 Å². The van der Waals surface area contributed by atoms with Crippen LogP contribution in [0.4, 0.5) is 0 Å². The zero-order chi connectivity index (χ0) is 5.28. The van der Waals surface area contributed by atoms with Gasteiger partial charge in [0.1, 0.15) is 0 Å². The molecule has 1 rings (SSSR count). The fourth-order valence-corrected chi connectivity index (χ4v) is 1.27. The molecule has 0 aromatic heterocycles. The fraction of sp³-hybridized carbons (Fsp3) is 0.667. The molecule has 1 heterocycles. The number of halogens is 1. The lowest BCUT2D eigenvalue weighted by Gasteiger charge is -1.91. The van der Waals surface area contributed by atoms with Gasteiger partial charge in [0.05, 0.1) is 5.75 Å². The number of nitrogens with one attached hydrogen (secondary N) is 1. The van der Waals surface area contributed by atoms with Crippen LogP contribution in [0.25, 0.3) is 0 Å². The third-order valence-corrected chi connectivity index (χ3v) is 1.96. The number of rotatable bonds is 0. The van der Waals surface area contributed by atoms with Crippen LogP contribution in [0, 0.1) is 0 Å². The Morgan fingerprint density at radius 2 is 2.71 bits per heavy atom. The minimum atomic E-state index is -0.188. The van der Waals surface area contributed by atoms with E-state index in [0.29, 0.717) is 5.75 Å². The summed E-state index contributed by atoms with van der Waals surface area (Å²) in [6.07, 6.45) is 0. The zero-order valence-electron chi connectivity index (χ0n) is 3.48. The van der Waals surface area contributed by atoms with Gasteiger partial charge in [-0.15, -0.1) is 11.8 Å². The Balaban J connectivity index is 2.40. The highest BCUT2D eigenvalue weighted by atomic mass is 35.5. The summed E-state index contributed by atoms with van der Waals surface area (Å²) in [6, 6.07) is 0. The summed E-state index contributed by atoms with van der Waals surface area (Å²) < 4.78 is 0. The topological polar surface area (TPSA) is 29.1 Å². The van der Waals surface area contributed by atoms with Gasteiger partial charge in [-0.1, -0.05) is 11.6 Å². The Kier molecular flexibility index (Phi) is 1.44. The molecule has 0 bridgehead atoms. The molecule has 1 atom stereocenters. The Morgan fingerprint density at radius 1 is 2.00 bits per heavy atom. The SMILES string of the molecule is O=C1CSC(Cl)N1. The average Bonchev–Trinajstić information content (AvgIpc) is 1.87. The van der Waals surface area contributed by atoms with Crippen molar-refractivity contribution in [2.24, 2.45) is 0 Å². The minimum Gasteiger partial charge on any atom is -0.331 e. The lowest BCUT2D eigenvalue weighted by molar-refractivity contribution is -0.117. The smallest absolute Gasteiger partial charge is 0.231 e. The van der Waals surface area contributed by atoms with E-state index in [0.717, 1.165) is 0 Å². The van der Waals surface area contributed by atoms with Crippen molar-refractivity contribution in [3.8, 4) is 0 Å². The first-order chi connectivity index (χ1) is 3.29. The van der Waals surface area contributed by atoms with Crippen LogP contribution in [0.3, 0.4) is 0 Å². The highest BCUT2D eigenvalue weighted by Crippen LogP contribution is 2.16. The van der Waals surface area contributed by atoms with Crippen LogP contribution < -0.4 is 5.32 Å². The molecule has 4 heteroatoms. The van der Waals surface area contributed by atoms with E-state index < -0.39 is 0 Å². The highest BCUT2D eigenvalue weighted by Gasteiger charge is 2.17. The second kappa shape index (κ2) is 1.92. The number of amides is 1. The van der Waals surface area contributed by atoms with Crippen LogP contribution in [0.2, 0.25) is 0 Å². The normalized spacial score (nSPS) is 30.4. The molecule has 0 saturated carbocycles. The van der Waals surface area contributed by atoms with Crippen LogP contribution in [-0.2, 0) is 4.79 Å². The largest absolute Gasteiger partial charge is 0.331 e. The van der Waals surface area contributed by atoms with Gasteiger partial charge in [-0.05, 0) is 0 Å². The Bertz CT molecular complexity index is 96.9. The number of carbonyl (C=O) groups excluding carboxylic acids is 1. The van der Waals surface area contributed by atoms with Crippen molar-refractivity contribution in [3.05, 3.63) is 0 Å². The predicted molar refractivity (Wildman–Crippen MR) is 30.2 cm³/mol. The number of carbonyl (C=O) groups is 1. The van der Waals surface area contributed by atoms with E-state index in [2.05, 4.69) is 5.32 Å². The van der Waals surface area contributed by atoms with Crippen molar-refractivity contribution in [2.75, 3.05) is 5.75 Å². The lowest BCUT2D eigenvalue weighted by Crippen LogP contribution is -2.19. The van der Waals surface area contributed by atoms with Gasteiger partial charge in [-0.2, -0.15) is 0 Å². The maximum Gasteiger partial charge on any atom is 0.231 e. The molecule has 1 fully saturated rings. The van der Waals surface area contributed by atoms with Crippen molar-refractivity contribution < 1.29 is 4.79 Å². The van der Waals surface area contributed by atoms with E-state index in [1.165, 1.54) is 11.8 Å². The number of hydrogen-bond donors (Lipinski definition) is 1. The molecule has 1 unspecified atom stereocenters. The van der Waals surface area contributed by atoms with Gasteiger partial charge in [-0.25, -0.2) is 0 Å². The molecule has 0 aromatic carbocycles. The molecule has 40 valence electrons. The van der Waals surface area contributed by atoms with E-state index in [9.17, 15) is 4.79 Å². The summed E-state index contributed by atoms with van der Waals surface area (Å²) >= 11 is 6.85. The maximum absolute atomic E-state index is 10.2. The number of alkyl halides is 1. The first kappa shape index (κ1) is 5.25. The summed E-state index contributed by atoms with van der Waals surface area (Å²) in [6.45, 7) is 0. The van der Waals surface area contributed by atoms with Crippen molar-refractivity contribution in [1.82, 2.24) is 5.32 Å². The Labute approximate surface area is 50.6 Å². The standard InChI is InChI=1S/C3H4ClNOS/c4-3-5-2(6)1-7-3/h3H,1H2,(H,5,6). The van der Waals surface area contributed by atoms with Gasteiger partial charge in [0.15, 0.2) is 4.83 Å². The molecule has 1 N–H and O–H groups in total. The van der Waals surface area contributed by atoms with Crippen molar-refractivity contribution >= 4 is 29.3 Å². The third-order valence-electron chi connectivity index (χ3n) is 0.635. The van der Waals surface area contributed by atoms with Gasteiger partial charge in [-0.3, -0.25) is 4.79 Å². The van der Waals surface area contributed by atoms with Crippen LogP contribution in [0.1, 0.15) is 0 Å². The molecule has 0 aromatic rings. The molecule has 0 radical (unpaired) electrons. The quantitative estimate of drug-likeness (QED) is 0.386. The molecule has 1 amide bonds. The Morgan fingerprint density at radius 3 is 2.86 bits per heavy atom. The monoisotopic (exact) mass is 137 g/mol. The van der Waals surface area contributed by atoms with E-state index >= 15 is 0 Å². The maximum atomic E-state index is 10.2. The first-order valence-electron chi connectivity index (χ1n) is 1.84. The van der Waals surface area contributed by atoms with Crippen LogP contribution >= 0.6 is 23.4 Å². The Hall–Kier alpha value is 0.110. The second-order valence-electron chi connectivity index (χ2n) is 1.19. The van der Waals surface area contributed by atoms with E-state index in [1.807, 2.05) is 0 Å². The molecule has 7 heavy (non-hydrogen) atoms. The van der Waals surface area contributed by atoms with Crippen molar-refractivity contribution in [2.45, 2.75) is 4.83 Å². The lowest BCUT2D eigenvalue weighted by atomic mass is 10.7. The summed E-state index contributed by atoms with van der Waals surface area (Å²) in [5.74, 6) is 0.541. The summed E-state index contributed by atoms with van der Waals surface area (Å²) in [4.78, 5) is 10.0. The molecular formula is C3H4ClNOS. The molecule has 1 aliphatic heterocycles. The molecular weight excluding hydrogens is 134 g/mol. The third kappa shape index (κ3) is 1.24. The molecule has 1 aliphatic rings. The van der Waals surface area contributed by atoms with Crippen LogP contribution in [-0.4, -0.2) is 16.5 Å². The van der Waals surface area contributed by atoms with Gasteiger partial charge in [0.25, 0.3) is 0 Å². The second-order valence-corrected chi connectivity index (χ2v) is 2.98. The number of hydrogen-bond acceptors (Lipinski definition) is 2. The molecule has 2 nitrogen and oxygen atoms in total. The summed E-state index contributed by atoms with van der Waals surface area (Å²) in [7, 11) is 0. The van der Waals surface area contributed by atoms with Crippen LogP contribution in [0.15, 0.2) is 0 Å². The van der Waals surface area contributed by atoms with Gasteiger partial charge in [0, 0.05) is 0 Å². The van der Waals surface area contributed by atoms with Gasteiger partial charge >= 0.3 is 0 Å². The fourth-order valence-electron chi connectivity index (χ4n) is 0.359. The molecule has 1 saturated heterocycles. The minimum absolute atomic E-state index is 0.0324.